The van der Waals surface area contributed by atoms with E-state index < -0.39 is 23.1 Å². The van der Waals surface area contributed by atoms with E-state index in [0.717, 1.165) is 6.07 Å². The maximum Gasteiger partial charge on any atom is 0.143 e. The van der Waals surface area contributed by atoms with Crippen LogP contribution in [0.5, 0.6) is 0 Å². The van der Waals surface area contributed by atoms with Crippen LogP contribution in [-0.4, -0.2) is 10.7 Å². The molecule has 1 nitrogen and oxygen atoms in total. The molecule has 2 aromatic carbocycles. The molecule has 112 valence electrons. The van der Waals surface area contributed by atoms with E-state index in [0.29, 0.717) is 5.56 Å². The molecule has 1 atom stereocenters. The minimum Gasteiger partial charge on any atom is -0.389 e. The monoisotopic (exact) mass is 358 g/mol. The van der Waals surface area contributed by atoms with Gasteiger partial charge in [-0.3, -0.25) is 0 Å². The normalized spacial score (nSPS) is 14.0. The Labute approximate surface area is 129 Å². The fraction of sp³-hybridized carbons (Fsp3) is 0.250. The Hall–Kier alpha value is -1.33. The van der Waals surface area contributed by atoms with Crippen molar-refractivity contribution in [2.24, 2.45) is 0 Å². The minimum atomic E-state index is -1.39. The smallest absolute Gasteiger partial charge is 0.143 e. The van der Waals surface area contributed by atoms with Gasteiger partial charge in [0.2, 0.25) is 0 Å². The summed E-state index contributed by atoms with van der Waals surface area (Å²) in [5.41, 5.74) is -1.02. The van der Waals surface area contributed by atoms with Crippen LogP contribution in [0, 0.1) is 17.5 Å². The lowest BCUT2D eigenvalue weighted by atomic mass is 9.89. The van der Waals surface area contributed by atoms with E-state index in [1.54, 1.807) is 6.07 Å². The highest BCUT2D eigenvalue weighted by molar-refractivity contribution is 9.10. The summed E-state index contributed by atoms with van der Waals surface area (Å²) in [6, 6.07) is 8.19. The van der Waals surface area contributed by atoms with Crippen molar-refractivity contribution in [2.75, 3.05) is 0 Å². The molecule has 21 heavy (non-hydrogen) atoms. The van der Waals surface area contributed by atoms with Gasteiger partial charge >= 0.3 is 0 Å². The van der Waals surface area contributed by atoms with E-state index in [2.05, 4.69) is 15.9 Å². The molecule has 1 unspecified atom stereocenters. The van der Waals surface area contributed by atoms with Crippen LogP contribution < -0.4 is 0 Å². The Kier molecular flexibility index (Phi) is 4.74. The van der Waals surface area contributed by atoms with Crippen molar-refractivity contribution >= 4 is 15.9 Å². The third-order valence-corrected chi connectivity index (χ3v) is 3.78. The Morgan fingerprint density at radius 2 is 1.81 bits per heavy atom. The van der Waals surface area contributed by atoms with Crippen molar-refractivity contribution in [2.45, 2.75) is 25.4 Å². The van der Waals surface area contributed by atoms with Crippen molar-refractivity contribution in [3.63, 3.8) is 0 Å². The zero-order valence-electron chi connectivity index (χ0n) is 11.3. The average molecular weight is 359 g/mol. The quantitative estimate of drug-likeness (QED) is 0.803. The van der Waals surface area contributed by atoms with E-state index in [-0.39, 0.29) is 22.9 Å². The molecule has 0 radical (unpaired) electrons. The second-order valence-corrected chi connectivity index (χ2v) is 6.16. The van der Waals surface area contributed by atoms with Gasteiger partial charge in [0.25, 0.3) is 0 Å². The maximum atomic E-state index is 13.9. The SMILES string of the molecule is CC(O)(Cc1cccc(F)c1)Cc1c(F)ccc(Br)c1F. The number of benzene rings is 2. The highest BCUT2D eigenvalue weighted by Gasteiger charge is 2.26. The van der Waals surface area contributed by atoms with Gasteiger partial charge in [0.15, 0.2) is 0 Å². The van der Waals surface area contributed by atoms with Crippen LogP contribution in [0.25, 0.3) is 0 Å². The predicted octanol–water partition coefficient (Wildman–Crippen LogP) is 4.40. The number of halogens is 4. The minimum absolute atomic E-state index is 0.0934. The van der Waals surface area contributed by atoms with Gasteiger partial charge in [-0.25, -0.2) is 13.2 Å². The first-order valence-corrected chi connectivity index (χ1v) is 7.17. The molecule has 2 aromatic rings. The summed E-state index contributed by atoms with van der Waals surface area (Å²) in [6.07, 6.45) is -0.114. The second-order valence-electron chi connectivity index (χ2n) is 5.30. The molecule has 0 saturated heterocycles. The van der Waals surface area contributed by atoms with Crippen molar-refractivity contribution in [3.8, 4) is 0 Å². The standard InChI is InChI=1S/C16H14BrF3O/c1-16(21,8-10-3-2-4-11(18)7-10)9-12-14(19)6-5-13(17)15(12)20/h2-7,21H,8-9H2,1H3. The second kappa shape index (κ2) is 6.20. The fourth-order valence-electron chi connectivity index (χ4n) is 2.26. The van der Waals surface area contributed by atoms with Crippen LogP contribution in [-0.2, 0) is 12.8 Å². The van der Waals surface area contributed by atoms with Gasteiger partial charge in [0.05, 0.1) is 10.1 Å². The molecule has 0 spiro atoms. The Morgan fingerprint density at radius 1 is 1.10 bits per heavy atom. The van der Waals surface area contributed by atoms with Crippen LogP contribution in [0.4, 0.5) is 13.2 Å². The molecular weight excluding hydrogens is 345 g/mol. The summed E-state index contributed by atoms with van der Waals surface area (Å²) in [5, 5.41) is 10.4. The van der Waals surface area contributed by atoms with Crippen molar-refractivity contribution in [3.05, 3.63) is 69.4 Å². The summed E-state index contributed by atoms with van der Waals surface area (Å²) in [5.74, 6) is -1.85. The van der Waals surface area contributed by atoms with Crippen LogP contribution >= 0.6 is 15.9 Å². The fourth-order valence-corrected chi connectivity index (χ4v) is 2.63. The summed E-state index contributed by atoms with van der Waals surface area (Å²) in [4.78, 5) is 0. The molecule has 0 heterocycles. The third-order valence-electron chi connectivity index (χ3n) is 3.17. The summed E-state index contributed by atoms with van der Waals surface area (Å²) in [7, 11) is 0. The van der Waals surface area contributed by atoms with E-state index in [9.17, 15) is 18.3 Å². The van der Waals surface area contributed by atoms with Crippen LogP contribution in [0.2, 0.25) is 0 Å². The molecule has 0 amide bonds. The number of aliphatic hydroxyl groups is 1. The van der Waals surface area contributed by atoms with Gasteiger partial charge in [-0.1, -0.05) is 12.1 Å². The molecule has 0 aromatic heterocycles. The Bertz CT molecular complexity index is 656. The molecule has 2 rings (SSSR count). The maximum absolute atomic E-state index is 13.9. The van der Waals surface area contributed by atoms with Gasteiger partial charge < -0.3 is 5.11 Å². The van der Waals surface area contributed by atoms with Crippen LogP contribution in [0.15, 0.2) is 40.9 Å². The van der Waals surface area contributed by atoms with E-state index in [4.69, 9.17) is 0 Å². The van der Waals surface area contributed by atoms with Crippen LogP contribution in [0.3, 0.4) is 0 Å². The van der Waals surface area contributed by atoms with Crippen molar-refractivity contribution in [1.29, 1.82) is 0 Å². The first-order valence-electron chi connectivity index (χ1n) is 6.38. The van der Waals surface area contributed by atoms with Crippen molar-refractivity contribution in [1.82, 2.24) is 0 Å². The molecular formula is C16H14BrF3O. The Morgan fingerprint density at radius 3 is 2.48 bits per heavy atom. The molecule has 0 aliphatic carbocycles. The third kappa shape index (κ3) is 4.08. The van der Waals surface area contributed by atoms with Gasteiger partial charge in [0.1, 0.15) is 17.5 Å². The van der Waals surface area contributed by atoms with Gasteiger partial charge in [-0.2, -0.15) is 0 Å². The lowest BCUT2D eigenvalue weighted by Gasteiger charge is -2.24. The largest absolute Gasteiger partial charge is 0.389 e. The summed E-state index contributed by atoms with van der Waals surface area (Å²) in [6.45, 7) is 1.47. The van der Waals surface area contributed by atoms with E-state index >= 15 is 0 Å². The first-order chi connectivity index (χ1) is 9.78. The molecule has 1 N–H and O–H groups in total. The zero-order valence-corrected chi connectivity index (χ0v) is 12.9. The molecule has 0 fully saturated rings. The summed E-state index contributed by atoms with van der Waals surface area (Å²) < 4.78 is 41.0. The number of hydrogen-bond donors (Lipinski definition) is 1. The predicted molar refractivity (Wildman–Crippen MR) is 78.5 cm³/mol. The number of hydrogen-bond acceptors (Lipinski definition) is 1. The average Bonchev–Trinajstić information content (AvgIpc) is 2.39. The Balaban J connectivity index is 2.23. The highest BCUT2D eigenvalue weighted by Crippen LogP contribution is 2.27. The molecule has 0 bridgehead atoms. The van der Waals surface area contributed by atoms with Crippen LogP contribution in [0.1, 0.15) is 18.1 Å². The van der Waals surface area contributed by atoms with Gasteiger partial charge in [-0.05, 0) is 52.7 Å². The molecule has 0 saturated carbocycles. The molecule has 0 aliphatic rings. The zero-order chi connectivity index (χ0) is 15.6. The molecule has 0 aliphatic heterocycles. The number of rotatable bonds is 4. The lowest BCUT2D eigenvalue weighted by molar-refractivity contribution is 0.0588. The van der Waals surface area contributed by atoms with Crippen molar-refractivity contribution < 1.29 is 18.3 Å². The topological polar surface area (TPSA) is 20.2 Å². The van der Waals surface area contributed by atoms with Gasteiger partial charge in [-0.15, -0.1) is 0 Å². The lowest BCUT2D eigenvalue weighted by Crippen LogP contribution is -2.31. The first kappa shape index (κ1) is 16.0. The summed E-state index contributed by atoms with van der Waals surface area (Å²) >= 11 is 2.99. The van der Waals surface area contributed by atoms with E-state index in [1.807, 2.05) is 0 Å². The van der Waals surface area contributed by atoms with E-state index in [1.165, 1.54) is 31.2 Å². The molecule has 5 heteroatoms. The van der Waals surface area contributed by atoms with Gasteiger partial charge in [0, 0.05) is 18.4 Å². The highest BCUT2D eigenvalue weighted by atomic mass is 79.9.